The monoisotopic (exact) mass is 321 g/mol. The third-order valence-corrected chi connectivity index (χ3v) is 4.91. The van der Waals surface area contributed by atoms with Crippen molar-refractivity contribution >= 4 is 17.1 Å². The fourth-order valence-electron chi connectivity index (χ4n) is 2.85. The van der Waals surface area contributed by atoms with Gasteiger partial charge in [-0.25, -0.2) is 0 Å². The second-order valence-corrected chi connectivity index (χ2v) is 6.30. The zero-order chi connectivity index (χ0) is 13.8. The Bertz CT molecular complexity index is 561. The van der Waals surface area contributed by atoms with E-state index in [1.54, 1.807) is 11.3 Å². The molecular weight excluding hydrogens is 302 g/mol. The van der Waals surface area contributed by atoms with Gasteiger partial charge in [0.1, 0.15) is 0 Å². The maximum absolute atomic E-state index is 12.0. The molecule has 1 fully saturated rings. The van der Waals surface area contributed by atoms with E-state index in [1.165, 1.54) is 12.0 Å². The minimum Gasteiger partial charge on any atom is -1.00 e. The summed E-state index contributed by atoms with van der Waals surface area (Å²) in [5, 5.41) is 1.97. The van der Waals surface area contributed by atoms with Gasteiger partial charge in [-0.1, -0.05) is 36.4 Å². The van der Waals surface area contributed by atoms with Crippen molar-refractivity contribution in [1.29, 1.82) is 0 Å². The smallest absolute Gasteiger partial charge is 1.00 e. The molecule has 21 heavy (non-hydrogen) atoms. The zero-order valence-corrected chi connectivity index (χ0v) is 13.4. The Morgan fingerprint density at radius 2 is 2.05 bits per heavy atom. The van der Waals surface area contributed by atoms with Crippen LogP contribution in [0.2, 0.25) is 0 Å². The van der Waals surface area contributed by atoms with E-state index in [0.717, 1.165) is 24.5 Å². The number of Topliss-reactive ketones (excluding diaryl/α,β-unsaturated/α-hetero) is 1. The van der Waals surface area contributed by atoms with Gasteiger partial charge in [0.05, 0.1) is 4.88 Å². The van der Waals surface area contributed by atoms with E-state index in [4.69, 9.17) is 0 Å². The Hall–Kier alpha value is -1.16. The van der Waals surface area contributed by atoms with Gasteiger partial charge >= 0.3 is 1.43 Å². The largest absolute Gasteiger partial charge is 1.00 e. The summed E-state index contributed by atoms with van der Waals surface area (Å²) in [4.78, 5) is 15.3. The van der Waals surface area contributed by atoms with Gasteiger partial charge in [-0.3, -0.25) is 4.79 Å². The number of nitrogens with zero attached hydrogens (tertiary/aromatic N) is 1. The predicted octanol–water partition coefficient (Wildman–Crippen LogP) is 0.927. The van der Waals surface area contributed by atoms with Gasteiger partial charge in [0, 0.05) is 19.5 Å². The predicted molar refractivity (Wildman–Crippen MR) is 84.6 cm³/mol. The fourth-order valence-corrected chi connectivity index (χ4v) is 3.55. The number of ketones is 1. The molecule has 0 N–H and O–H groups in total. The van der Waals surface area contributed by atoms with Crippen LogP contribution in [0.5, 0.6) is 0 Å². The van der Waals surface area contributed by atoms with Gasteiger partial charge in [0.25, 0.3) is 0 Å². The minimum absolute atomic E-state index is 0. The lowest BCUT2D eigenvalue weighted by molar-refractivity contribution is -0.0000120. The van der Waals surface area contributed by atoms with Crippen molar-refractivity contribution < 1.29 is 18.6 Å². The second kappa shape index (κ2) is 7.74. The molecule has 1 saturated heterocycles. The van der Waals surface area contributed by atoms with Crippen LogP contribution >= 0.6 is 11.3 Å². The summed E-state index contributed by atoms with van der Waals surface area (Å²) in [6.07, 6.45) is 1.85. The molecule has 0 radical (unpaired) electrons. The van der Waals surface area contributed by atoms with Gasteiger partial charge < -0.3 is 17.3 Å². The highest BCUT2D eigenvalue weighted by Crippen LogP contribution is 2.27. The molecule has 1 aliphatic rings. The standard InChI is InChI=1S/C17H19NOS.ClH/c19-16(17-7-4-12-20-17)9-11-18-10-8-15(13-18)14-5-2-1-3-6-14;/h1-7,12,15H,8-11,13H2;1H. The van der Waals surface area contributed by atoms with Crippen LogP contribution in [0.3, 0.4) is 0 Å². The highest BCUT2D eigenvalue weighted by atomic mass is 35.5. The van der Waals surface area contributed by atoms with Gasteiger partial charge in [-0.2, -0.15) is 0 Å². The molecule has 0 amide bonds. The zero-order valence-electron chi connectivity index (χ0n) is 12.9. The van der Waals surface area contributed by atoms with Crippen molar-refractivity contribution in [3.05, 3.63) is 58.3 Å². The molecule has 3 rings (SSSR count). The molecule has 0 saturated carbocycles. The van der Waals surface area contributed by atoms with Crippen molar-refractivity contribution in [2.75, 3.05) is 19.6 Å². The number of hydrogen-bond acceptors (Lipinski definition) is 3. The van der Waals surface area contributed by atoms with Crippen LogP contribution in [0, 0.1) is 0 Å². The van der Waals surface area contributed by atoms with Gasteiger partial charge in [0.15, 0.2) is 5.78 Å². The first-order chi connectivity index (χ1) is 9.83. The summed E-state index contributed by atoms with van der Waals surface area (Å²) >= 11 is 1.54. The first-order valence-corrected chi connectivity index (χ1v) is 8.05. The van der Waals surface area contributed by atoms with E-state index < -0.39 is 0 Å². The topological polar surface area (TPSA) is 20.3 Å². The molecule has 4 heteroatoms. The lowest BCUT2D eigenvalue weighted by Gasteiger charge is -2.15. The summed E-state index contributed by atoms with van der Waals surface area (Å²) < 4.78 is 0. The van der Waals surface area contributed by atoms with Gasteiger partial charge in [-0.15, -0.1) is 11.3 Å². The number of carbonyl (C=O) groups is 1. The molecule has 1 unspecified atom stereocenters. The average molecular weight is 322 g/mol. The number of carbonyl (C=O) groups excluding carboxylic acids is 1. The summed E-state index contributed by atoms with van der Waals surface area (Å²) in [6, 6.07) is 14.6. The number of thiophene rings is 1. The Kier molecular flexibility index (Phi) is 5.97. The number of likely N-dealkylation sites (tertiary alicyclic amines) is 1. The fraction of sp³-hybridized carbons (Fsp3) is 0.353. The molecule has 1 aromatic heterocycles. The lowest BCUT2D eigenvalue weighted by Crippen LogP contribution is -3.00. The molecule has 0 spiro atoms. The highest BCUT2D eigenvalue weighted by molar-refractivity contribution is 7.12. The van der Waals surface area contributed by atoms with Crippen LogP contribution in [-0.4, -0.2) is 30.3 Å². The molecular formula is C17H20ClNOS. The summed E-state index contributed by atoms with van der Waals surface area (Å²) in [7, 11) is 0. The number of hydrogen-bond donors (Lipinski definition) is 0. The second-order valence-electron chi connectivity index (χ2n) is 5.35. The van der Waals surface area contributed by atoms with E-state index in [1.807, 2.05) is 17.5 Å². The van der Waals surface area contributed by atoms with Crippen LogP contribution in [0.25, 0.3) is 0 Å². The Labute approximate surface area is 137 Å². The van der Waals surface area contributed by atoms with Crippen LogP contribution < -0.4 is 12.4 Å². The molecule has 112 valence electrons. The van der Waals surface area contributed by atoms with Crippen LogP contribution in [0.1, 0.15) is 35.4 Å². The van der Waals surface area contributed by atoms with E-state index in [-0.39, 0.29) is 19.6 Å². The third kappa shape index (κ3) is 4.16. The summed E-state index contributed by atoms with van der Waals surface area (Å²) in [6.45, 7) is 3.08. The quantitative estimate of drug-likeness (QED) is 0.764. The van der Waals surface area contributed by atoms with Crippen LogP contribution in [0.15, 0.2) is 47.8 Å². The summed E-state index contributed by atoms with van der Waals surface area (Å²) in [5.74, 6) is 0.913. The summed E-state index contributed by atoms with van der Waals surface area (Å²) in [5.41, 5.74) is 1.43. The molecule has 1 atom stereocenters. The molecule has 0 aliphatic carbocycles. The molecule has 2 heterocycles. The van der Waals surface area contributed by atoms with E-state index in [9.17, 15) is 4.79 Å². The first-order valence-electron chi connectivity index (χ1n) is 7.17. The van der Waals surface area contributed by atoms with E-state index >= 15 is 0 Å². The van der Waals surface area contributed by atoms with Crippen LogP contribution in [-0.2, 0) is 0 Å². The van der Waals surface area contributed by atoms with E-state index in [2.05, 4.69) is 35.2 Å². The number of benzene rings is 1. The number of halogens is 1. The molecule has 2 aromatic rings. The Morgan fingerprint density at radius 1 is 1.24 bits per heavy atom. The number of rotatable bonds is 5. The normalized spacial score (nSPS) is 18.4. The van der Waals surface area contributed by atoms with Crippen molar-refractivity contribution in [2.45, 2.75) is 18.8 Å². The molecule has 1 aliphatic heterocycles. The first kappa shape index (κ1) is 16.2. The molecule has 2 nitrogen and oxygen atoms in total. The molecule has 1 aromatic carbocycles. The highest BCUT2D eigenvalue weighted by Gasteiger charge is 2.23. The van der Waals surface area contributed by atoms with Gasteiger partial charge in [0.2, 0.25) is 0 Å². The average Bonchev–Trinajstić information content (AvgIpc) is 3.17. The van der Waals surface area contributed by atoms with Crippen LogP contribution in [0.4, 0.5) is 0 Å². The van der Waals surface area contributed by atoms with Crippen molar-refractivity contribution in [3.63, 3.8) is 0 Å². The lowest BCUT2D eigenvalue weighted by atomic mass is 9.99. The van der Waals surface area contributed by atoms with Crippen molar-refractivity contribution in [2.24, 2.45) is 0 Å². The molecule has 0 bridgehead atoms. The maximum atomic E-state index is 12.0. The Balaban J connectivity index is 0.00000121. The third-order valence-electron chi connectivity index (χ3n) is 3.99. The Morgan fingerprint density at radius 3 is 2.76 bits per heavy atom. The minimum atomic E-state index is 0. The van der Waals surface area contributed by atoms with Crippen molar-refractivity contribution in [1.82, 2.24) is 4.90 Å². The van der Waals surface area contributed by atoms with E-state index in [0.29, 0.717) is 12.3 Å². The SMILES string of the molecule is O=C(CCN1CCC(c2ccccc2)C1)c1cccs1.[Cl-].[H+]. The van der Waals surface area contributed by atoms with Gasteiger partial charge in [-0.05, 0) is 35.9 Å². The maximum Gasteiger partial charge on any atom is 1.00 e. The van der Waals surface area contributed by atoms with Crippen molar-refractivity contribution in [3.8, 4) is 0 Å².